The zero-order valence-corrected chi connectivity index (χ0v) is 18.9. The van der Waals surface area contributed by atoms with E-state index in [1.165, 1.54) is 26.1 Å². The van der Waals surface area contributed by atoms with Gasteiger partial charge < -0.3 is 14.2 Å². The highest BCUT2D eigenvalue weighted by atomic mass is 19.1. The van der Waals surface area contributed by atoms with Crippen LogP contribution in [0.1, 0.15) is 67.9 Å². The van der Waals surface area contributed by atoms with E-state index < -0.39 is 0 Å². The van der Waals surface area contributed by atoms with Gasteiger partial charge in [0.2, 0.25) is 5.88 Å². The zero-order chi connectivity index (χ0) is 22.5. The molecule has 4 rings (SSSR count). The first-order valence-corrected chi connectivity index (χ1v) is 11.6. The van der Waals surface area contributed by atoms with Gasteiger partial charge in [-0.3, -0.25) is 4.79 Å². The summed E-state index contributed by atoms with van der Waals surface area (Å²) in [6, 6.07) is 9.88. The summed E-state index contributed by atoms with van der Waals surface area (Å²) in [6.07, 6.45) is 7.88. The molecule has 0 saturated heterocycles. The highest BCUT2D eigenvalue weighted by Crippen LogP contribution is 2.45. The van der Waals surface area contributed by atoms with E-state index >= 15 is 0 Å². The Bertz CT molecular complexity index is 922. The number of methoxy groups -OCH3 is 2. The van der Waals surface area contributed by atoms with Crippen molar-refractivity contribution in [3.05, 3.63) is 53.5 Å². The molecule has 2 aromatic rings. The molecular weight excluding hydrogens is 409 g/mol. The summed E-state index contributed by atoms with van der Waals surface area (Å²) in [5.41, 5.74) is 1.86. The predicted octanol–water partition coefficient (Wildman–Crippen LogP) is 5.64. The molecule has 172 valence electrons. The second-order valence-corrected chi connectivity index (χ2v) is 9.07. The van der Waals surface area contributed by atoms with Crippen molar-refractivity contribution in [2.45, 2.75) is 56.8 Å². The number of halogens is 1. The maximum absolute atomic E-state index is 14.3. The number of aromatic nitrogens is 1. The Balaban J connectivity index is 1.31. The number of hydrogen-bond donors (Lipinski definition) is 0. The average molecular weight is 442 g/mol. The molecule has 1 heterocycles. The molecule has 2 saturated carbocycles. The van der Waals surface area contributed by atoms with Crippen LogP contribution in [0.3, 0.4) is 0 Å². The predicted molar refractivity (Wildman–Crippen MR) is 119 cm³/mol. The first kappa shape index (κ1) is 22.6. The molecule has 0 radical (unpaired) electrons. The number of hydrogen-bond acceptors (Lipinski definition) is 5. The summed E-state index contributed by atoms with van der Waals surface area (Å²) in [5.74, 6) is 2.32. The lowest BCUT2D eigenvalue weighted by Gasteiger charge is -2.29. The van der Waals surface area contributed by atoms with Gasteiger partial charge in [0.05, 0.1) is 33.4 Å². The van der Waals surface area contributed by atoms with Gasteiger partial charge in [-0.2, -0.15) is 0 Å². The van der Waals surface area contributed by atoms with Crippen molar-refractivity contribution in [1.82, 2.24) is 4.98 Å². The quantitative estimate of drug-likeness (QED) is 0.472. The molecular formula is C26H32FNO4. The number of rotatable bonds is 9. The second-order valence-electron chi connectivity index (χ2n) is 9.07. The Kier molecular flexibility index (Phi) is 7.28. The van der Waals surface area contributed by atoms with Crippen LogP contribution in [-0.2, 0) is 9.53 Å². The maximum atomic E-state index is 14.3. The Morgan fingerprint density at radius 3 is 2.59 bits per heavy atom. The van der Waals surface area contributed by atoms with Gasteiger partial charge in [-0.25, -0.2) is 9.37 Å². The molecule has 0 N–H and O–H groups in total. The summed E-state index contributed by atoms with van der Waals surface area (Å²) >= 11 is 0. The normalized spacial score (nSPS) is 21.6. The summed E-state index contributed by atoms with van der Waals surface area (Å²) in [5, 5.41) is 0. The lowest BCUT2D eigenvalue weighted by molar-refractivity contribution is -0.141. The molecule has 5 nitrogen and oxygen atoms in total. The number of esters is 1. The molecule has 6 heteroatoms. The molecule has 0 aliphatic heterocycles. The molecule has 0 unspecified atom stereocenters. The summed E-state index contributed by atoms with van der Waals surface area (Å²) in [4.78, 5) is 15.8. The van der Waals surface area contributed by atoms with Crippen molar-refractivity contribution in [3.63, 3.8) is 0 Å². The molecule has 0 amide bonds. The van der Waals surface area contributed by atoms with Gasteiger partial charge in [0.15, 0.2) is 0 Å². The number of ether oxygens (including phenoxy) is 3. The van der Waals surface area contributed by atoms with Gasteiger partial charge in [-0.05, 0) is 85.5 Å². The molecule has 2 aliphatic rings. The number of carbonyl (C=O) groups is 1. The van der Waals surface area contributed by atoms with E-state index in [0.29, 0.717) is 36.3 Å². The number of carbonyl (C=O) groups excluding carboxylic acids is 1. The summed E-state index contributed by atoms with van der Waals surface area (Å²) in [7, 11) is 3.00. The Morgan fingerprint density at radius 2 is 1.91 bits per heavy atom. The first-order valence-electron chi connectivity index (χ1n) is 11.6. The fraction of sp³-hybridized carbons (Fsp3) is 0.538. The molecule has 2 fully saturated rings. The van der Waals surface area contributed by atoms with E-state index in [2.05, 4.69) is 17.1 Å². The van der Waals surface area contributed by atoms with Gasteiger partial charge in [0, 0.05) is 6.07 Å². The smallest absolute Gasteiger partial charge is 0.306 e. The summed E-state index contributed by atoms with van der Waals surface area (Å²) in [6.45, 7) is 0.656. The highest BCUT2D eigenvalue weighted by Gasteiger charge is 2.34. The molecule has 0 spiro atoms. The second kappa shape index (κ2) is 10.3. The number of pyridine rings is 1. The molecule has 2 aliphatic carbocycles. The van der Waals surface area contributed by atoms with Crippen LogP contribution in [0.25, 0.3) is 0 Å². The first-order chi connectivity index (χ1) is 15.6. The minimum absolute atomic E-state index is 0.159. The Morgan fingerprint density at radius 1 is 1.12 bits per heavy atom. The lowest BCUT2D eigenvalue weighted by atomic mass is 9.79. The summed E-state index contributed by atoms with van der Waals surface area (Å²) < 4.78 is 30.5. The van der Waals surface area contributed by atoms with Crippen LogP contribution in [-0.4, -0.2) is 31.8 Å². The zero-order valence-electron chi connectivity index (χ0n) is 18.9. The van der Waals surface area contributed by atoms with E-state index in [1.54, 1.807) is 13.2 Å². The van der Waals surface area contributed by atoms with E-state index in [9.17, 15) is 9.18 Å². The minimum Gasteiger partial charge on any atom is -0.493 e. The van der Waals surface area contributed by atoms with Crippen LogP contribution in [0.15, 0.2) is 36.5 Å². The van der Waals surface area contributed by atoms with Gasteiger partial charge in [0.25, 0.3) is 0 Å². The van der Waals surface area contributed by atoms with E-state index in [4.69, 9.17) is 14.2 Å². The fourth-order valence-electron chi connectivity index (χ4n) is 4.87. The molecule has 0 bridgehead atoms. The number of nitrogens with zero attached hydrogens (tertiary/aromatic N) is 1. The lowest BCUT2D eigenvalue weighted by Crippen LogP contribution is -2.20. The van der Waals surface area contributed by atoms with Crippen LogP contribution in [0.2, 0.25) is 0 Å². The third kappa shape index (κ3) is 5.59. The molecule has 32 heavy (non-hydrogen) atoms. The van der Waals surface area contributed by atoms with E-state index in [1.807, 2.05) is 12.1 Å². The van der Waals surface area contributed by atoms with Gasteiger partial charge >= 0.3 is 5.97 Å². The van der Waals surface area contributed by atoms with Crippen molar-refractivity contribution in [2.24, 2.45) is 11.8 Å². The Hall–Kier alpha value is -2.63. The topological polar surface area (TPSA) is 57.7 Å². The van der Waals surface area contributed by atoms with Crippen molar-refractivity contribution in [3.8, 4) is 11.6 Å². The van der Waals surface area contributed by atoms with Crippen molar-refractivity contribution in [1.29, 1.82) is 0 Å². The van der Waals surface area contributed by atoms with Gasteiger partial charge in [-0.1, -0.05) is 12.1 Å². The van der Waals surface area contributed by atoms with Crippen LogP contribution >= 0.6 is 0 Å². The van der Waals surface area contributed by atoms with Crippen molar-refractivity contribution >= 4 is 5.97 Å². The third-order valence-electron chi connectivity index (χ3n) is 6.93. The van der Waals surface area contributed by atoms with Crippen LogP contribution in [0.5, 0.6) is 11.6 Å². The number of benzene rings is 1. The van der Waals surface area contributed by atoms with Crippen LogP contribution in [0, 0.1) is 17.7 Å². The Labute approximate surface area is 189 Å². The van der Waals surface area contributed by atoms with Crippen LogP contribution < -0.4 is 9.47 Å². The average Bonchev–Trinajstić information content (AvgIpc) is 3.67. The van der Waals surface area contributed by atoms with Crippen LogP contribution in [0.4, 0.5) is 4.39 Å². The molecule has 1 atom stereocenters. The SMILES string of the molecule is COC(=O)C[C@H](c1cccc(OC[C@H]2CC[C@@H](c3cc(OC)ncc3F)CC2)c1)C1CC1. The van der Waals surface area contributed by atoms with Crippen molar-refractivity contribution < 1.29 is 23.4 Å². The molecule has 1 aromatic heterocycles. The third-order valence-corrected chi connectivity index (χ3v) is 6.93. The standard InChI is InChI=1S/C26H32FNO4/c1-30-25-13-23(24(27)15-28-25)19-8-6-17(7-9-19)16-32-21-5-3-4-20(12-21)22(18-10-11-18)14-26(29)31-2/h3-5,12-13,15,17-19,22H,6-11,14,16H2,1-2H3/t17-,19+,22-/m0/s1. The monoisotopic (exact) mass is 441 g/mol. The molecule has 1 aromatic carbocycles. The van der Waals surface area contributed by atoms with Gasteiger partial charge in [-0.15, -0.1) is 0 Å². The highest BCUT2D eigenvalue weighted by molar-refractivity contribution is 5.70. The maximum Gasteiger partial charge on any atom is 0.306 e. The largest absolute Gasteiger partial charge is 0.493 e. The fourth-order valence-corrected chi connectivity index (χ4v) is 4.87. The van der Waals surface area contributed by atoms with E-state index in [0.717, 1.165) is 37.0 Å². The minimum atomic E-state index is -0.250. The van der Waals surface area contributed by atoms with Crippen molar-refractivity contribution in [2.75, 3.05) is 20.8 Å². The van der Waals surface area contributed by atoms with Gasteiger partial charge in [0.1, 0.15) is 11.6 Å². The van der Waals surface area contributed by atoms with E-state index in [-0.39, 0.29) is 23.6 Å².